The zero-order chi connectivity index (χ0) is 25.3. The second kappa shape index (κ2) is 12.9. The van der Waals surface area contributed by atoms with E-state index in [9.17, 15) is 9.59 Å². The van der Waals surface area contributed by atoms with Crippen molar-refractivity contribution in [2.45, 2.75) is 64.7 Å². The predicted molar refractivity (Wildman–Crippen MR) is 147 cm³/mol. The lowest BCUT2D eigenvalue weighted by Crippen LogP contribution is -2.29. The van der Waals surface area contributed by atoms with E-state index in [1.54, 1.807) is 18.2 Å². The number of ether oxygens (including phenoxy) is 2. The smallest absolute Gasteiger partial charge is 0.330 e. The molecule has 4 rings (SSSR count). The van der Waals surface area contributed by atoms with E-state index in [4.69, 9.17) is 9.47 Å². The quantitative estimate of drug-likeness (QED) is 0.221. The zero-order valence-electron chi connectivity index (χ0n) is 21.8. The maximum absolute atomic E-state index is 12.7. The van der Waals surface area contributed by atoms with E-state index in [-0.39, 0.29) is 17.9 Å². The summed E-state index contributed by atoms with van der Waals surface area (Å²) in [6.07, 6.45) is 13.5. The molecule has 0 saturated heterocycles. The topological polar surface area (TPSA) is 52.6 Å². The summed E-state index contributed by atoms with van der Waals surface area (Å²) in [5.74, 6) is 2.64. The van der Waals surface area contributed by atoms with Crippen LogP contribution in [-0.4, -0.2) is 26.4 Å². The van der Waals surface area contributed by atoms with E-state index < -0.39 is 0 Å². The van der Waals surface area contributed by atoms with Crippen LogP contribution >= 0.6 is 0 Å². The summed E-state index contributed by atoms with van der Waals surface area (Å²) in [5.41, 5.74) is 3.22. The van der Waals surface area contributed by atoms with Gasteiger partial charge in [0.05, 0.1) is 12.5 Å². The Hall–Kier alpha value is -2.82. The second-order valence-corrected chi connectivity index (χ2v) is 10.9. The monoisotopic (exact) mass is 486 g/mol. The molecular formula is C31H39BO4. The van der Waals surface area contributed by atoms with Crippen LogP contribution in [0.4, 0.5) is 0 Å². The molecule has 2 aromatic rings. The summed E-state index contributed by atoms with van der Waals surface area (Å²) in [7, 11) is 2.05. The van der Waals surface area contributed by atoms with Crippen LogP contribution in [0.5, 0.6) is 5.75 Å². The highest BCUT2D eigenvalue weighted by atomic mass is 16.5. The lowest BCUT2D eigenvalue weighted by Gasteiger charge is -2.36. The number of carbonyl (C=O) groups is 2. The maximum atomic E-state index is 12.7. The van der Waals surface area contributed by atoms with Crippen molar-refractivity contribution < 1.29 is 19.1 Å². The van der Waals surface area contributed by atoms with Gasteiger partial charge in [0, 0.05) is 12.5 Å². The van der Waals surface area contributed by atoms with Crippen LogP contribution < -0.4 is 10.2 Å². The van der Waals surface area contributed by atoms with E-state index in [1.807, 2.05) is 12.1 Å². The van der Waals surface area contributed by atoms with Crippen molar-refractivity contribution in [3.63, 3.8) is 0 Å². The molecule has 5 heteroatoms. The van der Waals surface area contributed by atoms with Crippen molar-refractivity contribution >= 4 is 31.3 Å². The highest BCUT2D eigenvalue weighted by molar-refractivity contribution is 6.32. The molecule has 0 N–H and O–H groups in total. The molecule has 0 atom stereocenters. The maximum Gasteiger partial charge on any atom is 0.330 e. The van der Waals surface area contributed by atoms with Crippen molar-refractivity contribution in [2.24, 2.45) is 23.7 Å². The van der Waals surface area contributed by atoms with Crippen LogP contribution in [0, 0.1) is 23.7 Å². The van der Waals surface area contributed by atoms with Crippen molar-refractivity contribution in [1.82, 2.24) is 0 Å². The lowest BCUT2D eigenvalue weighted by molar-refractivity contribution is -0.140. The van der Waals surface area contributed by atoms with Crippen LogP contribution in [0.1, 0.15) is 69.4 Å². The van der Waals surface area contributed by atoms with Gasteiger partial charge in [-0.1, -0.05) is 61.6 Å². The minimum Gasteiger partial charge on any atom is -0.462 e. The first-order valence-corrected chi connectivity index (χ1v) is 13.7. The molecule has 0 heterocycles. The second-order valence-electron chi connectivity index (χ2n) is 10.9. The van der Waals surface area contributed by atoms with E-state index in [1.165, 1.54) is 37.2 Å². The van der Waals surface area contributed by atoms with Gasteiger partial charge in [0.2, 0.25) is 0 Å². The Bertz CT molecular complexity index is 1010. The molecule has 0 unspecified atom stereocenters. The lowest BCUT2D eigenvalue weighted by atomic mass is 9.69. The number of esters is 2. The summed E-state index contributed by atoms with van der Waals surface area (Å²) in [6, 6.07) is 15.5. The molecule has 190 valence electrons. The first-order chi connectivity index (χ1) is 17.5. The summed E-state index contributed by atoms with van der Waals surface area (Å²) in [4.78, 5) is 24.7. The van der Waals surface area contributed by atoms with Crippen LogP contribution in [0.2, 0.25) is 0 Å². The zero-order valence-corrected chi connectivity index (χ0v) is 21.8. The van der Waals surface area contributed by atoms with Gasteiger partial charge >= 0.3 is 11.9 Å². The Morgan fingerprint density at radius 1 is 0.861 bits per heavy atom. The normalized spacial score (nSPS) is 24.4. The third-order valence-corrected chi connectivity index (χ3v) is 8.10. The standard InChI is InChI=1S/C31H39BO4/c1-22-2-9-25(10-3-22)26-11-13-27(14-12-26)31(34)36-29-17-6-23(7-18-29)8-19-30(33)35-21-20-24-4-15-28(32)16-5-24/h4-8,15-19,22,25-27H,2-3,9-14,20-21,32H2,1H3/b19-8+. The molecular weight excluding hydrogens is 447 g/mol. The minimum atomic E-state index is -0.365. The third kappa shape index (κ3) is 7.84. The Morgan fingerprint density at radius 2 is 1.47 bits per heavy atom. The molecule has 4 nitrogen and oxygen atoms in total. The van der Waals surface area contributed by atoms with Gasteiger partial charge in [0.1, 0.15) is 13.6 Å². The largest absolute Gasteiger partial charge is 0.462 e. The summed E-state index contributed by atoms with van der Waals surface area (Å²) in [6.45, 7) is 2.72. The molecule has 0 amide bonds. The van der Waals surface area contributed by atoms with E-state index in [0.29, 0.717) is 18.8 Å². The molecule has 0 spiro atoms. The Balaban J connectivity index is 1.16. The number of carbonyl (C=O) groups excluding carboxylic acids is 2. The molecule has 2 aliphatic rings. The van der Waals surface area contributed by atoms with E-state index in [2.05, 4.69) is 39.0 Å². The number of hydrogen-bond acceptors (Lipinski definition) is 4. The van der Waals surface area contributed by atoms with Gasteiger partial charge in [0.15, 0.2) is 0 Å². The van der Waals surface area contributed by atoms with E-state index in [0.717, 1.165) is 54.6 Å². The van der Waals surface area contributed by atoms with Gasteiger partial charge in [-0.15, -0.1) is 0 Å². The fourth-order valence-electron chi connectivity index (χ4n) is 5.67. The number of rotatable bonds is 8. The molecule has 0 aromatic heterocycles. The van der Waals surface area contributed by atoms with Crippen LogP contribution in [0.25, 0.3) is 6.08 Å². The van der Waals surface area contributed by atoms with Crippen LogP contribution in [0.15, 0.2) is 54.6 Å². The molecule has 2 saturated carbocycles. The van der Waals surface area contributed by atoms with Crippen LogP contribution in [-0.2, 0) is 20.7 Å². The Labute approximate surface area is 216 Å². The molecule has 36 heavy (non-hydrogen) atoms. The van der Waals surface area contributed by atoms with Gasteiger partial charge in [-0.25, -0.2) is 4.79 Å². The Kier molecular flexibility index (Phi) is 9.44. The van der Waals surface area contributed by atoms with Gasteiger partial charge in [0.25, 0.3) is 0 Å². The molecule has 2 aromatic carbocycles. The highest BCUT2D eigenvalue weighted by Crippen LogP contribution is 2.41. The van der Waals surface area contributed by atoms with Crippen molar-refractivity contribution in [3.05, 3.63) is 65.7 Å². The van der Waals surface area contributed by atoms with Gasteiger partial charge in [-0.2, -0.15) is 0 Å². The number of benzene rings is 2. The fraction of sp³-hybridized carbons (Fsp3) is 0.484. The predicted octanol–water partition coefficient (Wildman–Crippen LogP) is 5.28. The fourth-order valence-corrected chi connectivity index (χ4v) is 5.67. The summed E-state index contributed by atoms with van der Waals surface area (Å²) >= 11 is 0. The SMILES string of the molecule is Bc1ccc(CCOC(=O)/C=C/c2ccc(OC(=O)C3CCC(C4CCC(C)CC4)CC3)cc2)cc1. The minimum absolute atomic E-state index is 0.0121. The first kappa shape index (κ1) is 26.3. The van der Waals surface area contributed by atoms with Crippen LogP contribution in [0.3, 0.4) is 0 Å². The number of hydrogen-bond donors (Lipinski definition) is 0. The van der Waals surface area contributed by atoms with E-state index >= 15 is 0 Å². The van der Waals surface area contributed by atoms with Gasteiger partial charge in [-0.05, 0) is 85.6 Å². The summed E-state index contributed by atoms with van der Waals surface area (Å²) in [5, 5.41) is 0. The molecule has 0 radical (unpaired) electrons. The Morgan fingerprint density at radius 3 is 2.11 bits per heavy atom. The van der Waals surface area contributed by atoms with Crippen molar-refractivity contribution in [2.75, 3.05) is 6.61 Å². The molecule has 0 bridgehead atoms. The van der Waals surface area contributed by atoms with Gasteiger partial charge < -0.3 is 9.47 Å². The molecule has 0 aliphatic heterocycles. The highest BCUT2D eigenvalue weighted by Gasteiger charge is 2.33. The van der Waals surface area contributed by atoms with Crippen molar-refractivity contribution in [3.8, 4) is 5.75 Å². The third-order valence-electron chi connectivity index (χ3n) is 8.10. The molecule has 2 fully saturated rings. The average Bonchev–Trinajstić information content (AvgIpc) is 2.90. The molecule has 2 aliphatic carbocycles. The first-order valence-electron chi connectivity index (χ1n) is 13.7. The van der Waals surface area contributed by atoms with Gasteiger partial charge in [-0.3, -0.25) is 4.79 Å². The van der Waals surface area contributed by atoms with Crippen molar-refractivity contribution in [1.29, 1.82) is 0 Å². The average molecular weight is 486 g/mol. The summed E-state index contributed by atoms with van der Waals surface area (Å²) < 4.78 is 11.0.